The first-order valence-electron chi connectivity index (χ1n) is 7.85. The van der Waals surface area contributed by atoms with Gasteiger partial charge in [0, 0.05) is 0 Å². The zero-order chi connectivity index (χ0) is 16.4. The summed E-state index contributed by atoms with van der Waals surface area (Å²) in [7, 11) is 5.58. The minimum absolute atomic E-state index is 1.00. The van der Waals surface area contributed by atoms with Crippen molar-refractivity contribution in [2.24, 2.45) is 0 Å². The third-order valence-corrected chi connectivity index (χ3v) is 5.42. The second kappa shape index (κ2) is 6.96. The van der Waals surface area contributed by atoms with Gasteiger partial charge in [0.1, 0.15) is 0 Å². The quantitative estimate of drug-likeness (QED) is 0.553. The molecular weight excluding hydrogens is 314 g/mol. The van der Waals surface area contributed by atoms with Gasteiger partial charge in [0.05, 0.1) is 0 Å². The van der Waals surface area contributed by atoms with Crippen molar-refractivity contribution >= 4 is 23.8 Å². The summed E-state index contributed by atoms with van der Waals surface area (Å²) < 4.78 is 0. The molecule has 0 aliphatic rings. The maximum absolute atomic E-state index is 2.79. The highest BCUT2D eigenvalue weighted by Crippen LogP contribution is 2.29. The van der Waals surface area contributed by atoms with Crippen LogP contribution in [0.3, 0.4) is 0 Å². The van der Waals surface area contributed by atoms with Crippen molar-refractivity contribution < 1.29 is 0 Å². The van der Waals surface area contributed by atoms with Crippen molar-refractivity contribution in [2.45, 2.75) is 20.0 Å². The fourth-order valence-corrected chi connectivity index (χ4v) is 3.33. The monoisotopic (exact) mass is 336 g/mol. The third-order valence-electron chi connectivity index (χ3n) is 4.30. The van der Waals surface area contributed by atoms with E-state index in [-0.39, 0.29) is 0 Å². The van der Waals surface area contributed by atoms with E-state index in [2.05, 4.69) is 93.0 Å². The second-order valence-corrected chi connectivity index (χ2v) is 7.04. The van der Waals surface area contributed by atoms with Gasteiger partial charge >= 0.3 is 0 Å². The van der Waals surface area contributed by atoms with E-state index in [1.165, 1.54) is 44.2 Å². The number of rotatable bonds is 3. The normalized spacial score (nSPS) is 10.8. The van der Waals surface area contributed by atoms with Gasteiger partial charge in [-0.3, -0.25) is 0 Å². The van der Waals surface area contributed by atoms with Gasteiger partial charge in [0.15, 0.2) is 0 Å². The Morgan fingerprint density at radius 3 is 2.17 bits per heavy atom. The molecule has 2 heteroatoms. The fourth-order valence-electron chi connectivity index (χ4n) is 2.90. The molecule has 0 aliphatic heterocycles. The lowest BCUT2D eigenvalue weighted by molar-refractivity contribution is 1.35. The molecule has 2 unspecified atom stereocenters. The molecule has 0 aliphatic carbocycles. The van der Waals surface area contributed by atoms with Crippen molar-refractivity contribution in [3.63, 3.8) is 0 Å². The molecule has 0 saturated heterocycles. The summed E-state index contributed by atoms with van der Waals surface area (Å²) in [4.78, 5) is 0. The van der Waals surface area contributed by atoms with Gasteiger partial charge in [-0.1, -0.05) is 54.6 Å². The summed E-state index contributed by atoms with van der Waals surface area (Å²) in [6.07, 6.45) is 1.00. The lowest BCUT2D eigenvalue weighted by atomic mass is 9.95. The molecule has 0 N–H and O–H groups in total. The minimum Gasteiger partial charge on any atom is -0.133 e. The molecule has 3 rings (SSSR count). The summed E-state index contributed by atoms with van der Waals surface area (Å²) in [6.45, 7) is 4.35. The second-order valence-electron chi connectivity index (χ2n) is 6.01. The predicted octanol–water partition coefficient (Wildman–Crippen LogP) is 5.51. The highest BCUT2D eigenvalue weighted by Gasteiger charge is 2.06. The Balaban J connectivity index is 2.04. The SMILES string of the molecule is Cc1cc(-c2cccc(-c3ccc(CP)cc3C)c2)ccc1P. The van der Waals surface area contributed by atoms with Crippen LogP contribution in [-0.2, 0) is 6.16 Å². The summed E-state index contributed by atoms with van der Waals surface area (Å²) in [5.41, 5.74) is 9.13. The van der Waals surface area contributed by atoms with E-state index in [0.717, 1.165) is 6.16 Å². The van der Waals surface area contributed by atoms with Crippen LogP contribution < -0.4 is 5.30 Å². The summed E-state index contributed by atoms with van der Waals surface area (Å²) in [5.74, 6) is 0. The molecule has 23 heavy (non-hydrogen) atoms. The molecule has 116 valence electrons. The van der Waals surface area contributed by atoms with Crippen molar-refractivity contribution in [1.82, 2.24) is 0 Å². The van der Waals surface area contributed by atoms with Crippen LogP contribution in [0.15, 0.2) is 60.7 Å². The van der Waals surface area contributed by atoms with Gasteiger partial charge in [0.2, 0.25) is 0 Å². The molecule has 3 aromatic rings. The molecule has 0 amide bonds. The summed E-state index contributed by atoms with van der Waals surface area (Å²) in [6, 6.07) is 22.2. The first kappa shape index (κ1) is 16.4. The Morgan fingerprint density at radius 1 is 0.739 bits per heavy atom. The Morgan fingerprint density at radius 2 is 1.48 bits per heavy atom. The predicted molar refractivity (Wildman–Crippen MR) is 110 cm³/mol. The van der Waals surface area contributed by atoms with Crippen LogP contribution in [0.1, 0.15) is 16.7 Å². The Bertz CT molecular complexity index is 850. The van der Waals surface area contributed by atoms with Crippen LogP contribution in [0, 0.1) is 13.8 Å². The van der Waals surface area contributed by atoms with Gasteiger partial charge in [-0.25, -0.2) is 0 Å². The number of hydrogen-bond donors (Lipinski definition) is 0. The zero-order valence-corrected chi connectivity index (χ0v) is 15.9. The van der Waals surface area contributed by atoms with Crippen LogP contribution in [-0.4, -0.2) is 0 Å². The highest BCUT2D eigenvalue weighted by atomic mass is 31.0. The topological polar surface area (TPSA) is 0 Å². The zero-order valence-electron chi connectivity index (χ0n) is 13.6. The maximum Gasteiger partial charge on any atom is -0.0128 e. The lowest BCUT2D eigenvalue weighted by Gasteiger charge is -2.11. The Kier molecular flexibility index (Phi) is 4.96. The van der Waals surface area contributed by atoms with Gasteiger partial charge < -0.3 is 0 Å². The molecule has 0 fully saturated rings. The van der Waals surface area contributed by atoms with Gasteiger partial charge in [0.25, 0.3) is 0 Å². The van der Waals surface area contributed by atoms with Crippen molar-refractivity contribution in [3.8, 4) is 22.3 Å². The molecule has 3 aromatic carbocycles. The fraction of sp³-hybridized carbons (Fsp3) is 0.143. The van der Waals surface area contributed by atoms with Crippen LogP contribution in [0.4, 0.5) is 0 Å². The molecule has 0 nitrogen and oxygen atoms in total. The standard InChI is InChI=1S/C21H22P2/c1-14-10-16(13-22)6-8-20(14)19-5-3-4-17(12-19)18-7-9-21(23)15(2)11-18/h3-12H,13,22-23H2,1-2H3. The van der Waals surface area contributed by atoms with Gasteiger partial charge in [-0.15, -0.1) is 18.5 Å². The lowest BCUT2D eigenvalue weighted by Crippen LogP contribution is -1.95. The highest BCUT2D eigenvalue weighted by molar-refractivity contribution is 7.27. The van der Waals surface area contributed by atoms with Crippen LogP contribution in [0.5, 0.6) is 0 Å². The Labute approximate surface area is 143 Å². The van der Waals surface area contributed by atoms with E-state index in [0.29, 0.717) is 0 Å². The first-order chi connectivity index (χ1) is 11.1. The van der Waals surface area contributed by atoms with Crippen molar-refractivity contribution in [3.05, 3.63) is 77.4 Å². The molecule has 0 spiro atoms. The van der Waals surface area contributed by atoms with E-state index in [1.807, 2.05) is 0 Å². The summed E-state index contributed by atoms with van der Waals surface area (Å²) >= 11 is 0. The first-order valence-corrected chi connectivity index (χ1v) is 9.24. The van der Waals surface area contributed by atoms with E-state index in [9.17, 15) is 0 Å². The Hall–Kier alpha value is -1.48. The van der Waals surface area contributed by atoms with Gasteiger partial charge in [-0.05, 0) is 70.3 Å². The number of benzene rings is 3. The van der Waals surface area contributed by atoms with Crippen molar-refractivity contribution in [2.75, 3.05) is 0 Å². The largest absolute Gasteiger partial charge is 0.133 e. The molecule has 0 bridgehead atoms. The third kappa shape index (κ3) is 3.55. The molecular formula is C21H22P2. The van der Waals surface area contributed by atoms with Crippen LogP contribution in [0.25, 0.3) is 22.3 Å². The van der Waals surface area contributed by atoms with Crippen LogP contribution in [0.2, 0.25) is 0 Å². The molecule has 0 aromatic heterocycles. The average molecular weight is 336 g/mol. The molecule has 0 heterocycles. The van der Waals surface area contributed by atoms with E-state index >= 15 is 0 Å². The van der Waals surface area contributed by atoms with Gasteiger partial charge in [-0.2, -0.15) is 0 Å². The summed E-state index contributed by atoms with van der Waals surface area (Å²) in [5, 5.41) is 1.26. The molecule has 2 atom stereocenters. The van der Waals surface area contributed by atoms with E-state index in [1.54, 1.807) is 0 Å². The number of aryl methyl sites for hydroxylation is 2. The van der Waals surface area contributed by atoms with Crippen molar-refractivity contribution in [1.29, 1.82) is 0 Å². The number of hydrogen-bond acceptors (Lipinski definition) is 0. The smallest absolute Gasteiger partial charge is 0.0128 e. The van der Waals surface area contributed by atoms with E-state index in [4.69, 9.17) is 0 Å². The van der Waals surface area contributed by atoms with Crippen LogP contribution >= 0.6 is 18.5 Å². The van der Waals surface area contributed by atoms with E-state index < -0.39 is 0 Å². The average Bonchev–Trinajstić information content (AvgIpc) is 2.57. The molecule has 0 radical (unpaired) electrons. The molecule has 0 saturated carbocycles. The maximum atomic E-state index is 2.79. The minimum atomic E-state index is 1.00.